The number of pyridine rings is 2. The molecule has 5 aromatic heterocycles. The lowest BCUT2D eigenvalue weighted by Crippen LogP contribution is -2.30. The highest BCUT2D eigenvalue weighted by Crippen LogP contribution is 2.36. The molecule has 43 heavy (non-hydrogen) atoms. The van der Waals surface area contributed by atoms with Crippen LogP contribution in [0.5, 0.6) is 0 Å². The quantitative estimate of drug-likeness (QED) is 0.153. The molecule has 0 spiro atoms. The smallest absolute Gasteiger partial charge is 0.224 e. The molecule has 0 saturated carbocycles. The largest absolute Gasteiger partial charge is 0.353 e. The number of thiophene rings is 1. The molecule has 6 aromatic rings. The summed E-state index contributed by atoms with van der Waals surface area (Å²) < 4.78 is 0. The molecule has 0 radical (unpaired) electrons. The second kappa shape index (κ2) is 11.2. The predicted octanol–water partition coefficient (Wildman–Crippen LogP) is 6.74. The number of aromatic nitrogens is 5. The molecule has 0 aliphatic carbocycles. The molecule has 216 valence electrons. The normalized spacial score (nSPS) is 14.0. The molecule has 9 nitrogen and oxygen atoms in total. The van der Waals surface area contributed by atoms with Crippen LogP contribution < -0.4 is 10.6 Å². The van der Waals surface area contributed by atoms with E-state index in [0.29, 0.717) is 22.9 Å². The minimum absolute atomic E-state index is 0.0470. The average Bonchev–Trinajstić information content (AvgIpc) is 3.75. The SMILES string of the molecule is CC(=O)c1ccc(-c2nccc3[nH]c(-c4[nH]nc5ncc(-c6cc(C)cc(NC(=O)CC7CCNCC7)c6)cc45)cc23)s1. The lowest BCUT2D eigenvalue weighted by molar-refractivity contribution is -0.117. The lowest BCUT2D eigenvalue weighted by atomic mass is 9.94. The number of rotatable bonds is 7. The summed E-state index contributed by atoms with van der Waals surface area (Å²) in [4.78, 5) is 39.1. The Labute approximate surface area is 252 Å². The fourth-order valence-corrected chi connectivity index (χ4v) is 6.80. The number of carbonyl (C=O) groups excluding carboxylic acids is 2. The fraction of sp³-hybridized carbons (Fsp3) is 0.242. The standard InChI is InChI=1S/C33H31N7O2S/c1-18-11-21(14-23(12-18)37-30(42)13-20-5-8-34-9-6-20)22-15-25-31(39-40-33(25)36-17-22)27-16-24-26(38-27)7-10-35-32(24)29-4-3-28(43-29)19(2)41/h3-4,7,10-12,14-17,20,34,38H,5-6,8-9,13H2,1-2H3,(H,37,42)(H,36,39,40). The number of H-pyrrole nitrogens is 2. The number of amides is 1. The van der Waals surface area contributed by atoms with Crippen molar-refractivity contribution in [1.82, 2.24) is 30.5 Å². The van der Waals surface area contributed by atoms with Crippen LogP contribution in [0, 0.1) is 12.8 Å². The average molecular weight is 590 g/mol. The molecule has 0 atom stereocenters. The van der Waals surface area contributed by atoms with Gasteiger partial charge in [0.15, 0.2) is 11.4 Å². The monoisotopic (exact) mass is 589 g/mol. The van der Waals surface area contributed by atoms with Crippen LogP contribution in [-0.2, 0) is 4.79 Å². The van der Waals surface area contributed by atoms with Gasteiger partial charge in [-0.15, -0.1) is 11.3 Å². The summed E-state index contributed by atoms with van der Waals surface area (Å²) in [5.41, 5.74) is 7.82. The Bertz CT molecular complexity index is 2000. The molecule has 7 rings (SSSR count). The number of nitrogens with one attached hydrogen (secondary N) is 4. The maximum Gasteiger partial charge on any atom is 0.224 e. The van der Waals surface area contributed by atoms with E-state index >= 15 is 0 Å². The van der Waals surface area contributed by atoms with E-state index in [1.54, 1.807) is 13.1 Å². The molecule has 0 unspecified atom stereocenters. The van der Waals surface area contributed by atoms with Gasteiger partial charge in [-0.3, -0.25) is 19.7 Å². The van der Waals surface area contributed by atoms with Gasteiger partial charge >= 0.3 is 0 Å². The van der Waals surface area contributed by atoms with Gasteiger partial charge in [-0.05, 0) is 99.3 Å². The first kappa shape index (κ1) is 27.2. The fourth-order valence-electron chi connectivity index (χ4n) is 5.88. The summed E-state index contributed by atoms with van der Waals surface area (Å²) in [7, 11) is 0. The number of benzene rings is 1. The summed E-state index contributed by atoms with van der Waals surface area (Å²) in [6.45, 7) is 5.56. The van der Waals surface area contributed by atoms with Gasteiger partial charge < -0.3 is 15.6 Å². The number of Topliss-reactive ketones (excluding diaryl/α,β-unsaturated/α-hetero) is 1. The number of anilines is 1. The van der Waals surface area contributed by atoms with Crippen LogP contribution in [0.3, 0.4) is 0 Å². The summed E-state index contributed by atoms with van der Waals surface area (Å²) in [6, 6.07) is 16.0. The van der Waals surface area contributed by atoms with Crippen molar-refractivity contribution >= 4 is 50.7 Å². The maximum atomic E-state index is 12.8. The van der Waals surface area contributed by atoms with Crippen LogP contribution in [0.25, 0.3) is 55.0 Å². The van der Waals surface area contributed by atoms with Gasteiger partial charge in [0.1, 0.15) is 0 Å². The van der Waals surface area contributed by atoms with E-state index in [4.69, 9.17) is 0 Å². The molecule has 1 amide bonds. The van der Waals surface area contributed by atoms with Gasteiger partial charge in [0.25, 0.3) is 0 Å². The number of piperidine rings is 1. The van der Waals surface area contributed by atoms with Crippen molar-refractivity contribution < 1.29 is 9.59 Å². The number of nitrogens with zero attached hydrogens (tertiary/aromatic N) is 3. The van der Waals surface area contributed by atoms with Crippen molar-refractivity contribution in [3.05, 3.63) is 71.4 Å². The van der Waals surface area contributed by atoms with Crippen LogP contribution in [0.1, 0.15) is 41.4 Å². The van der Waals surface area contributed by atoms with Gasteiger partial charge in [0, 0.05) is 46.4 Å². The second-order valence-corrected chi connectivity index (χ2v) is 12.3. The minimum Gasteiger partial charge on any atom is -0.353 e. The number of aromatic amines is 2. The maximum absolute atomic E-state index is 12.8. The highest BCUT2D eigenvalue weighted by atomic mass is 32.1. The van der Waals surface area contributed by atoms with E-state index < -0.39 is 0 Å². The molecule has 1 saturated heterocycles. The van der Waals surface area contributed by atoms with E-state index in [-0.39, 0.29) is 11.7 Å². The van der Waals surface area contributed by atoms with Crippen molar-refractivity contribution in [2.45, 2.75) is 33.1 Å². The number of hydrogen-bond donors (Lipinski definition) is 4. The molecular formula is C33H31N7O2S. The van der Waals surface area contributed by atoms with E-state index in [1.807, 2.05) is 43.5 Å². The van der Waals surface area contributed by atoms with E-state index in [1.165, 1.54) is 11.3 Å². The zero-order chi connectivity index (χ0) is 29.5. The number of carbonyl (C=O) groups is 2. The number of fused-ring (bicyclic) bond motifs is 2. The first-order valence-corrected chi connectivity index (χ1v) is 15.3. The van der Waals surface area contributed by atoms with Gasteiger partial charge in [-0.2, -0.15) is 5.10 Å². The van der Waals surface area contributed by atoms with Crippen molar-refractivity contribution in [3.8, 4) is 33.1 Å². The van der Waals surface area contributed by atoms with Gasteiger partial charge in [-0.1, -0.05) is 6.07 Å². The van der Waals surface area contributed by atoms with Crippen molar-refractivity contribution in [3.63, 3.8) is 0 Å². The van der Waals surface area contributed by atoms with Gasteiger partial charge in [0.05, 0.1) is 26.8 Å². The third-order valence-corrected chi connectivity index (χ3v) is 9.23. The van der Waals surface area contributed by atoms with Crippen molar-refractivity contribution in [2.75, 3.05) is 18.4 Å². The molecule has 4 N–H and O–H groups in total. The first-order valence-electron chi connectivity index (χ1n) is 14.5. The van der Waals surface area contributed by atoms with Gasteiger partial charge in [0.2, 0.25) is 5.91 Å². The molecule has 0 bridgehead atoms. The minimum atomic E-state index is 0.0470. The highest BCUT2D eigenvalue weighted by Gasteiger charge is 2.19. The first-order chi connectivity index (χ1) is 20.9. The Morgan fingerprint density at radius 2 is 1.86 bits per heavy atom. The van der Waals surface area contributed by atoms with Crippen LogP contribution in [0.4, 0.5) is 5.69 Å². The Kier molecular flexibility index (Phi) is 7.08. The van der Waals surface area contributed by atoms with Crippen molar-refractivity contribution in [2.24, 2.45) is 5.92 Å². The predicted molar refractivity (Wildman–Crippen MR) is 171 cm³/mol. The Morgan fingerprint density at radius 3 is 2.67 bits per heavy atom. The Morgan fingerprint density at radius 1 is 1.00 bits per heavy atom. The molecule has 1 aliphatic heterocycles. The van der Waals surface area contributed by atoms with Crippen LogP contribution >= 0.6 is 11.3 Å². The van der Waals surface area contributed by atoms with Crippen LogP contribution in [0.15, 0.2) is 60.9 Å². The molecule has 1 fully saturated rings. The van der Waals surface area contributed by atoms with Gasteiger partial charge in [-0.25, -0.2) is 4.98 Å². The molecule has 1 aliphatic rings. The van der Waals surface area contributed by atoms with E-state index in [2.05, 4.69) is 54.0 Å². The van der Waals surface area contributed by atoms with Crippen LogP contribution in [0.2, 0.25) is 0 Å². The summed E-state index contributed by atoms with van der Waals surface area (Å²) in [5.74, 6) is 0.532. The Hall–Kier alpha value is -4.67. The summed E-state index contributed by atoms with van der Waals surface area (Å²) in [6.07, 6.45) is 6.21. The molecule has 10 heteroatoms. The lowest BCUT2D eigenvalue weighted by Gasteiger charge is -2.22. The number of ketones is 1. The second-order valence-electron chi connectivity index (χ2n) is 11.3. The topological polar surface area (TPSA) is 128 Å². The van der Waals surface area contributed by atoms with Crippen molar-refractivity contribution in [1.29, 1.82) is 0 Å². The highest BCUT2D eigenvalue weighted by molar-refractivity contribution is 7.17. The van der Waals surface area contributed by atoms with Crippen LogP contribution in [-0.4, -0.2) is 49.9 Å². The number of hydrogen-bond acceptors (Lipinski definition) is 7. The molecule has 6 heterocycles. The van der Waals surface area contributed by atoms with E-state index in [9.17, 15) is 9.59 Å². The number of aryl methyl sites for hydroxylation is 1. The summed E-state index contributed by atoms with van der Waals surface area (Å²) >= 11 is 1.45. The molecular weight excluding hydrogens is 558 g/mol. The summed E-state index contributed by atoms with van der Waals surface area (Å²) in [5, 5.41) is 16.0. The molecule has 1 aromatic carbocycles. The third-order valence-electron chi connectivity index (χ3n) is 8.04. The van der Waals surface area contributed by atoms with E-state index in [0.717, 1.165) is 86.6 Å². The third kappa shape index (κ3) is 5.47. The zero-order valence-corrected chi connectivity index (χ0v) is 24.8. The zero-order valence-electron chi connectivity index (χ0n) is 24.0. The Balaban J connectivity index is 1.20.